The van der Waals surface area contributed by atoms with Crippen molar-refractivity contribution >= 4 is 17.5 Å². The highest BCUT2D eigenvalue weighted by Crippen LogP contribution is 2.20. The number of carbonyl (C=O) groups is 2. The van der Waals surface area contributed by atoms with Crippen molar-refractivity contribution in [3.05, 3.63) is 24.3 Å². The number of hydrogen-bond donors (Lipinski definition) is 1. The molecular formula is C13H16N2O3. The quantitative estimate of drug-likeness (QED) is 0.866. The second kappa shape index (κ2) is 5.08. The SMILES string of the molecule is COc1ccc(N(C)C(=O)C2CCC(=O)N2)cc1. The molecular weight excluding hydrogens is 232 g/mol. The van der Waals surface area contributed by atoms with Gasteiger partial charge in [0, 0.05) is 19.2 Å². The maximum atomic E-state index is 12.1. The normalized spacial score (nSPS) is 18.3. The molecule has 96 valence electrons. The Labute approximate surface area is 106 Å². The first-order chi connectivity index (χ1) is 8.61. The van der Waals surface area contributed by atoms with Gasteiger partial charge < -0.3 is 15.0 Å². The molecule has 1 atom stereocenters. The Balaban J connectivity index is 2.07. The Kier molecular flexibility index (Phi) is 3.50. The Morgan fingerprint density at radius 3 is 2.56 bits per heavy atom. The standard InChI is InChI=1S/C13H16N2O3/c1-15(9-3-5-10(18-2)6-4-9)13(17)11-7-8-12(16)14-11/h3-6,11H,7-8H2,1-2H3,(H,14,16). The molecule has 0 spiro atoms. The van der Waals surface area contributed by atoms with Gasteiger partial charge in [0.1, 0.15) is 11.8 Å². The van der Waals surface area contributed by atoms with Gasteiger partial charge in [-0.15, -0.1) is 0 Å². The van der Waals surface area contributed by atoms with Crippen molar-refractivity contribution in [2.75, 3.05) is 19.1 Å². The molecule has 1 aliphatic heterocycles. The van der Waals surface area contributed by atoms with E-state index in [1.807, 2.05) is 12.1 Å². The van der Waals surface area contributed by atoms with Crippen molar-refractivity contribution in [1.82, 2.24) is 5.32 Å². The molecule has 1 N–H and O–H groups in total. The largest absolute Gasteiger partial charge is 0.497 e. The summed E-state index contributed by atoms with van der Waals surface area (Å²) >= 11 is 0. The maximum Gasteiger partial charge on any atom is 0.249 e. The lowest BCUT2D eigenvalue weighted by molar-refractivity contribution is -0.123. The minimum Gasteiger partial charge on any atom is -0.497 e. The number of likely N-dealkylation sites (N-methyl/N-ethyl adjacent to an activating group) is 1. The number of rotatable bonds is 3. The lowest BCUT2D eigenvalue weighted by Crippen LogP contribution is -2.42. The van der Waals surface area contributed by atoms with Gasteiger partial charge in [0.05, 0.1) is 7.11 Å². The molecule has 5 heteroatoms. The van der Waals surface area contributed by atoms with Gasteiger partial charge in [-0.3, -0.25) is 9.59 Å². The molecule has 1 fully saturated rings. The van der Waals surface area contributed by atoms with E-state index < -0.39 is 6.04 Å². The molecule has 1 aromatic rings. The maximum absolute atomic E-state index is 12.1. The van der Waals surface area contributed by atoms with E-state index in [0.29, 0.717) is 12.8 Å². The highest BCUT2D eigenvalue weighted by atomic mass is 16.5. The molecule has 1 aromatic carbocycles. The average molecular weight is 248 g/mol. The van der Waals surface area contributed by atoms with Gasteiger partial charge in [0.2, 0.25) is 11.8 Å². The number of benzene rings is 1. The number of nitrogens with zero attached hydrogens (tertiary/aromatic N) is 1. The van der Waals surface area contributed by atoms with E-state index in [4.69, 9.17) is 4.74 Å². The Morgan fingerprint density at radius 1 is 1.39 bits per heavy atom. The van der Waals surface area contributed by atoms with E-state index in [9.17, 15) is 9.59 Å². The molecule has 0 bridgehead atoms. The molecule has 0 radical (unpaired) electrons. The molecule has 1 heterocycles. The molecule has 0 aromatic heterocycles. The Morgan fingerprint density at radius 2 is 2.06 bits per heavy atom. The van der Waals surface area contributed by atoms with Crippen LogP contribution in [-0.4, -0.2) is 32.0 Å². The summed E-state index contributed by atoms with van der Waals surface area (Å²) < 4.78 is 5.06. The van der Waals surface area contributed by atoms with Crippen molar-refractivity contribution in [3.63, 3.8) is 0 Å². The molecule has 0 aliphatic carbocycles. The van der Waals surface area contributed by atoms with Crippen LogP contribution >= 0.6 is 0 Å². The van der Waals surface area contributed by atoms with E-state index in [0.717, 1.165) is 11.4 Å². The molecule has 1 saturated heterocycles. The van der Waals surface area contributed by atoms with Crippen LogP contribution < -0.4 is 15.0 Å². The van der Waals surface area contributed by atoms with Gasteiger partial charge in [-0.2, -0.15) is 0 Å². The fourth-order valence-electron chi connectivity index (χ4n) is 1.97. The smallest absolute Gasteiger partial charge is 0.249 e. The van der Waals surface area contributed by atoms with Crippen molar-refractivity contribution in [2.24, 2.45) is 0 Å². The van der Waals surface area contributed by atoms with Gasteiger partial charge in [-0.05, 0) is 30.7 Å². The zero-order valence-electron chi connectivity index (χ0n) is 10.5. The minimum atomic E-state index is -0.399. The van der Waals surface area contributed by atoms with Crippen LogP contribution in [0.5, 0.6) is 5.75 Å². The summed E-state index contributed by atoms with van der Waals surface area (Å²) in [5.74, 6) is 0.594. The van der Waals surface area contributed by atoms with Crippen molar-refractivity contribution in [3.8, 4) is 5.75 Å². The molecule has 5 nitrogen and oxygen atoms in total. The van der Waals surface area contributed by atoms with E-state index >= 15 is 0 Å². The van der Waals surface area contributed by atoms with Crippen LogP contribution in [0.15, 0.2) is 24.3 Å². The fourth-order valence-corrected chi connectivity index (χ4v) is 1.97. The predicted octanol–water partition coefficient (Wildman–Crippen LogP) is 0.937. The third kappa shape index (κ3) is 2.45. The first-order valence-electron chi connectivity index (χ1n) is 5.83. The number of ether oxygens (including phenoxy) is 1. The number of hydrogen-bond acceptors (Lipinski definition) is 3. The van der Waals surface area contributed by atoms with Crippen LogP contribution in [-0.2, 0) is 9.59 Å². The first kappa shape index (κ1) is 12.4. The number of anilines is 1. The minimum absolute atomic E-state index is 0.0588. The highest BCUT2D eigenvalue weighted by Gasteiger charge is 2.29. The van der Waals surface area contributed by atoms with Crippen LogP contribution in [0.25, 0.3) is 0 Å². The predicted molar refractivity (Wildman–Crippen MR) is 67.6 cm³/mol. The van der Waals surface area contributed by atoms with E-state index in [2.05, 4.69) is 5.32 Å². The average Bonchev–Trinajstić information content (AvgIpc) is 2.84. The summed E-state index contributed by atoms with van der Waals surface area (Å²) in [5.41, 5.74) is 0.780. The number of methoxy groups -OCH3 is 1. The van der Waals surface area contributed by atoms with Gasteiger partial charge in [-0.25, -0.2) is 0 Å². The van der Waals surface area contributed by atoms with Crippen LogP contribution in [0, 0.1) is 0 Å². The lowest BCUT2D eigenvalue weighted by atomic mass is 10.2. The van der Waals surface area contributed by atoms with Gasteiger partial charge in [0.25, 0.3) is 0 Å². The molecule has 2 rings (SSSR count). The van der Waals surface area contributed by atoms with Gasteiger partial charge in [0.15, 0.2) is 0 Å². The van der Waals surface area contributed by atoms with Crippen LogP contribution in [0.2, 0.25) is 0 Å². The third-order valence-corrected chi connectivity index (χ3v) is 3.08. The lowest BCUT2D eigenvalue weighted by Gasteiger charge is -2.21. The van der Waals surface area contributed by atoms with Crippen molar-refractivity contribution in [2.45, 2.75) is 18.9 Å². The third-order valence-electron chi connectivity index (χ3n) is 3.08. The monoisotopic (exact) mass is 248 g/mol. The molecule has 2 amide bonds. The summed E-state index contributed by atoms with van der Waals surface area (Å²) in [6, 6.07) is 6.82. The van der Waals surface area contributed by atoms with Crippen molar-refractivity contribution < 1.29 is 14.3 Å². The van der Waals surface area contributed by atoms with Crippen LogP contribution in [0.4, 0.5) is 5.69 Å². The Hall–Kier alpha value is -2.04. The second-order valence-electron chi connectivity index (χ2n) is 4.25. The summed E-state index contributed by atoms with van der Waals surface area (Å²) in [4.78, 5) is 24.8. The molecule has 1 aliphatic rings. The van der Waals surface area contributed by atoms with Gasteiger partial charge in [-0.1, -0.05) is 0 Å². The van der Waals surface area contributed by atoms with Crippen LogP contribution in [0.1, 0.15) is 12.8 Å². The van der Waals surface area contributed by atoms with E-state index in [1.165, 1.54) is 0 Å². The number of nitrogens with one attached hydrogen (secondary N) is 1. The molecule has 18 heavy (non-hydrogen) atoms. The zero-order valence-corrected chi connectivity index (χ0v) is 10.5. The van der Waals surface area contributed by atoms with Gasteiger partial charge >= 0.3 is 0 Å². The number of carbonyl (C=O) groups excluding carboxylic acids is 2. The molecule has 0 saturated carbocycles. The Bertz CT molecular complexity index is 456. The molecule has 1 unspecified atom stereocenters. The zero-order chi connectivity index (χ0) is 13.1. The number of amides is 2. The summed E-state index contributed by atoms with van der Waals surface area (Å²) in [7, 11) is 3.30. The summed E-state index contributed by atoms with van der Waals surface area (Å²) in [6.45, 7) is 0. The van der Waals surface area contributed by atoms with E-state index in [1.54, 1.807) is 31.2 Å². The van der Waals surface area contributed by atoms with E-state index in [-0.39, 0.29) is 11.8 Å². The first-order valence-corrected chi connectivity index (χ1v) is 5.83. The summed E-state index contributed by atoms with van der Waals surface area (Å²) in [6.07, 6.45) is 0.991. The topological polar surface area (TPSA) is 58.6 Å². The fraction of sp³-hybridized carbons (Fsp3) is 0.385. The summed E-state index contributed by atoms with van der Waals surface area (Å²) in [5, 5.41) is 2.67. The van der Waals surface area contributed by atoms with Crippen LogP contribution in [0.3, 0.4) is 0 Å². The second-order valence-corrected chi connectivity index (χ2v) is 4.25. The highest BCUT2D eigenvalue weighted by molar-refractivity contribution is 6.00. The van der Waals surface area contributed by atoms with Crippen molar-refractivity contribution in [1.29, 1.82) is 0 Å².